The van der Waals surface area contributed by atoms with Crippen molar-refractivity contribution in [1.29, 1.82) is 0 Å². The fourth-order valence-corrected chi connectivity index (χ4v) is 3.60. The van der Waals surface area contributed by atoms with Crippen LogP contribution in [0.25, 0.3) is 0 Å². The number of nitrogens with zero attached hydrogens (tertiary/aromatic N) is 1. The van der Waals surface area contributed by atoms with Crippen LogP contribution in [0.3, 0.4) is 0 Å². The molecule has 2 aromatic carbocycles. The molecule has 6 heteroatoms. The number of carbonyl (C=O) groups is 2. The van der Waals surface area contributed by atoms with Crippen molar-refractivity contribution in [1.82, 2.24) is 10.2 Å². The van der Waals surface area contributed by atoms with Gasteiger partial charge >= 0.3 is 0 Å². The molecule has 0 saturated heterocycles. The molecule has 0 aliphatic rings. The zero-order valence-corrected chi connectivity index (χ0v) is 17.4. The molecule has 2 rings (SSSR count). The Morgan fingerprint density at radius 1 is 1.19 bits per heavy atom. The first-order valence-corrected chi connectivity index (χ1v) is 10.3. The highest BCUT2D eigenvalue weighted by Crippen LogP contribution is 2.21. The maximum Gasteiger partial charge on any atom is 0.242 e. The Balaban J connectivity index is 2.12. The summed E-state index contributed by atoms with van der Waals surface area (Å²) >= 11 is 7.54. The monoisotopic (exact) mass is 404 g/mol. The van der Waals surface area contributed by atoms with Crippen LogP contribution >= 0.6 is 23.4 Å². The predicted octanol–water partition coefficient (Wildman–Crippen LogP) is 4.29. The fraction of sp³-hybridized carbons (Fsp3) is 0.333. The van der Waals surface area contributed by atoms with Crippen molar-refractivity contribution in [3.8, 4) is 0 Å². The van der Waals surface area contributed by atoms with Gasteiger partial charge in [0.05, 0.1) is 5.75 Å². The summed E-state index contributed by atoms with van der Waals surface area (Å²) in [5, 5.41) is 3.40. The summed E-state index contributed by atoms with van der Waals surface area (Å²) in [6, 6.07) is 14.8. The van der Waals surface area contributed by atoms with Crippen molar-refractivity contribution in [2.75, 3.05) is 12.3 Å². The highest BCUT2D eigenvalue weighted by atomic mass is 35.5. The lowest BCUT2D eigenvalue weighted by Crippen LogP contribution is -2.48. The first kappa shape index (κ1) is 21.3. The average Bonchev–Trinajstić information content (AvgIpc) is 2.65. The number of carbonyl (C=O) groups excluding carboxylic acids is 2. The van der Waals surface area contributed by atoms with E-state index in [1.807, 2.05) is 56.3 Å². The second-order valence-corrected chi connectivity index (χ2v) is 7.81. The number of benzene rings is 2. The molecule has 27 heavy (non-hydrogen) atoms. The van der Waals surface area contributed by atoms with Crippen LogP contribution in [0.4, 0.5) is 0 Å². The van der Waals surface area contributed by atoms with Crippen LogP contribution in [0.1, 0.15) is 25.0 Å². The van der Waals surface area contributed by atoms with Gasteiger partial charge in [-0.05, 0) is 50.6 Å². The van der Waals surface area contributed by atoms with E-state index in [-0.39, 0.29) is 17.6 Å². The Morgan fingerprint density at radius 2 is 1.89 bits per heavy atom. The molecule has 1 N–H and O–H groups in total. The molecule has 4 nitrogen and oxygen atoms in total. The third kappa shape index (κ3) is 6.60. The SMILES string of the molecule is CCNC(=O)C(C)N(Cc1cccc(Cl)c1)C(=O)CSc1ccc(C)cc1. The quantitative estimate of drug-likeness (QED) is 0.667. The van der Waals surface area contributed by atoms with Gasteiger partial charge in [-0.1, -0.05) is 41.4 Å². The van der Waals surface area contributed by atoms with Crippen LogP contribution < -0.4 is 5.32 Å². The summed E-state index contributed by atoms with van der Waals surface area (Å²) in [6.45, 7) is 6.51. The van der Waals surface area contributed by atoms with Crippen LogP contribution in [-0.2, 0) is 16.1 Å². The molecule has 0 radical (unpaired) electrons. The first-order chi connectivity index (χ1) is 12.9. The summed E-state index contributed by atoms with van der Waals surface area (Å²) in [5.74, 6) is 0.0282. The zero-order valence-electron chi connectivity index (χ0n) is 15.9. The van der Waals surface area contributed by atoms with Crippen LogP contribution in [0.15, 0.2) is 53.4 Å². The number of halogens is 1. The highest BCUT2D eigenvalue weighted by molar-refractivity contribution is 8.00. The van der Waals surface area contributed by atoms with Crippen LogP contribution in [0.5, 0.6) is 0 Å². The smallest absolute Gasteiger partial charge is 0.242 e. The number of hydrogen-bond donors (Lipinski definition) is 1. The molecule has 2 aromatic rings. The van der Waals surface area contributed by atoms with Gasteiger partial charge in [0.2, 0.25) is 11.8 Å². The Bertz CT molecular complexity index is 780. The lowest BCUT2D eigenvalue weighted by Gasteiger charge is -2.28. The molecule has 1 unspecified atom stereocenters. The van der Waals surface area contributed by atoms with E-state index in [4.69, 9.17) is 11.6 Å². The second-order valence-electron chi connectivity index (χ2n) is 6.32. The maximum absolute atomic E-state index is 12.9. The Kier molecular flexibility index (Phi) is 8.20. The van der Waals surface area contributed by atoms with Crippen molar-refractivity contribution in [3.05, 3.63) is 64.7 Å². The number of rotatable bonds is 8. The summed E-state index contributed by atoms with van der Waals surface area (Å²) < 4.78 is 0. The topological polar surface area (TPSA) is 49.4 Å². The maximum atomic E-state index is 12.9. The Labute approximate surface area is 170 Å². The van der Waals surface area contributed by atoms with Crippen LogP contribution in [-0.4, -0.2) is 35.1 Å². The van der Waals surface area contributed by atoms with Gasteiger partial charge in [0.25, 0.3) is 0 Å². The van der Waals surface area contributed by atoms with Gasteiger partial charge in [-0.2, -0.15) is 0 Å². The van der Waals surface area contributed by atoms with Gasteiger partial charge in [-0.25, -0.2) is 0 Å². The van der Waals surface area contributed by atoms with Crippen molar-refractivity contribution < 1.29 is 9.59 Å². The molecule has 0 bridgehead atoms. The molecule has 0 aromatic heterocycles. The van der Waals surface area contributed by atoms with E-state index in [0.29, 0.717) is 18.1 Å². The molecule has 144 valence electrons. The summed E-state index contributed by atoms with van der Waals surface area (Å²) in [6.07, 6.45) is 0. The normalized spacial score (nSPS) is 11.7. The largest absolute Gasteiger partial charge is 0.355 e. The molecule has 0 saturated carbocycles. The number of aryl methyl sites for hydroxylation is 1. The summed E-state index contributed by atoms with van der Waals surface area (Å²) in [4.78, 5) is 27.9. The molecule has 0 aliphatic heterocycles. The van der Waals surface area contributed by atoms with Crippen molar-refractivity contribution in [2.24, 2.45) is 0 Å². The van der Waals surface area contributed by atoms with Gasteiger partial charge in [0.1, 0.15) is 6.04 Å². The molecule has 0 fully saturated rings. The minimum atomic E-state index is -0.560. The summed E-state index contributed by atoms with van der Waals surface area (Å²) in [7, 11) is 0. The second kappa shape index (κ2) is 10.4. The number of hydrogen-bond acceptors (Lipinski definition) is 3. The Hall–Kier alpha value is -1.98. The first-order valence-electron chi connectivity index (χ1n) is 8.91. The molecule has 0 aliphatic carbocycles. The Morgan fingerprint density at radius 3 is 2.52 bits per heavy atom. The molecular weight excluding hydrogens is 380 g/mol. The zero-order chi connectivity index (χ0) is 19.8. The van der Waals surface area contributed by atoms with Gasteiger partial charge in [0, 0.05) is 23.0 Å². The van der Waals surface area contributed by atoms with Gasteiger partial charge in [-0.3, -0.25) is 9.59 Å². The molecule has 2 amide bonds. The lowest BCUT2D eigenvalue weighted by atomic mass is 10.1. The van der Waals surface area contributed by atoms with E-state index in [0.717, 1.165) is 10.5 Å². The van der Waals surface area contributed by atoms with E-state index in [9.17, 15) is 9.59 Å². The highest BCUT2D eigenvalue weighted by Gasteiger charge is 2.25. The van der Waals surface area contributed by atoms with Crippen LogP contribution in [0, 0.1) is 6.92 Å². The third-order valence-corrected chi connectivity index (χ3v) is 5.38. The molecule has 1 atom stereocenters. The van der Waals surface area contributed by atoms with Crippen molar-refractivity contribution in [2.45, 2.75) is 38.3 Å². The average molecular weight is 405 g/mol. The van der Waals surface area contributed by atoms with Gasteiger partial charge < -0.3 is 10.2 Å². The third-order valence-electron chi connectivity index (χ3n) is 4.14. The molecular formula is C21H25ClN2O2S. The standard InChI is InChI=1S/C21H25ClN2O2S/c1-4-23-21(26)16(3)24(13-17-6-5-7-18(22)12-17)20(25)14-27-19-10-8-15(2)9-11-19/h5-12,16H,4,13-14H2,1-3H3,(H,23,26). The van der Waals surface area contributed by atoms with E-state index in [1.54, 1.807) is 17.9 Å². The van der Waals surface area contributed by atoms with Gasteiger partial charge in [0.15, 0.2) is 0 Å². The fourth-order valence-electron chi connectivity index (χ4n) is 2.60. The molecule has 0 heterocycles. The van der Waals surface area contributed by atoms with E-state index in [1.165, 1.54) is 17.3 Å². The van der Waals surface area contributed by atoms with Crippen molar-refractivity contribution in [3.63, 3.8) is 0 Å². The van der Waals surface area contributed by atoms with E-state index in [2.05, 4.69) is 5.32 Å². The number of amides is 2. The molecule has 0 spiro atoms. The van der Waals surface area contributed by atoms with Crippen LogP contribution in [0.2, 0.25) is 5.02 Å². The number of nitrogens with one attached hydrogen (secondary N) is 1. The van der Waals surface area contributed by atoms with E-state index < -0.39 is 6.04 Å². The van der Waals surface area contributed by atoms with Gasteiger partial charge in [-0.15, -0.1) is 11.8 Å². The number of likely N-dealkylation sites (N-methyl/N-ethyl adjacent to an activating group) is 1. The summed E-state index contributed by atoms with van der Waals surface area (Å²) in [5.41, 5.74) is 2.07. The lowest BCUT2D eigenvalue weighted by molar-refractivity contribution is -0.138. The van der Waals surface area contributed by atoms with Crippen molar-refractivity contribution >= 4 is 35.2 Å². The minimum absolute atomic E-state index is 0.0840. The number of thioether (sulfide) groups is 1. The van der Waals surface area contributed by atoms with E-state index >= 15 is 0 Å². The minimum Gasteiger partial charge on any atom is -0.355 e. The predicted molar refractivity (Wildman–Crippen MR) is 112 cm³/mol.